The van der Waals surface area contributed by atoms with Gasteiger partial charge in [-0.3, -0.25) is 0 Å². The summed E-state index contributed by atoms with van der Waals surface area (Å²) < 4.78 is 6.92. The van der Waals surface area contributed by atoms with Gasteiger partial charge >= 0.3 is 0 Å². The van der Waals surface area contributed by atoms with E-state index in [1.807, 2.05) is 0 Å². The highest BCUT2D eigenvalue weighted by atomic mass is 16.3. The van der Waals surface area contributed by atoms with Gasteiger partial charge in [-0.05, 0) is 91.2 Å². The Kier molecular flexibility index (Phi) is 5.31. The third-order valence-electron chi connectivity index (χ3n) is 9.53. The maximum atomic E-state index is 6.92. The van der Waals surface area contributed by atoms with Crippen molar-refractivity contribution in [3.63, 3.8) is 0 Å². The van der Waals surface area contributed by atoms with Gasteiger partial charge in [0.2, 0.25) is 0 Å². The van der Waals surface area contributed by atoms with Crippen LogP contribution in [-0.4, -0.2) is 0 Å². The van der Waals surface area contributed by atoms with Crippen molar-refractivity contribution >= 4 is 70.6 Å². The molecule has 0 radical (unpaired) electrons. The quantitative estimate of drug-likeness (QED) is 0.194. The lowest BCUT2D eigenvalue weighted by Crippen LogP contribution is -1.91. The van der Waals surface area contributed by atoms with E-state index in [0.717, 1.165) is 39.5 Å². The van der Waals surface area contributed by atoms with Crippen LogP contribution in [0.4, 0.5) is 0 Å². The summed E-state index contributed by atoms with van der Waals surface area (Å²) in [7, 11) is 0. The van der Waals surface area contributed by atoms with Crippen LogP contribution in [0.25, 0.3) is 92.9 Å². The van der Waals surface area contributed by atoms with Crippen molar-refractivity contribution in [1.82, 2.24) is 0 Å². The maximum Gasteiger partial charge on any atom is 0.143 e. The zero-order chi connectivity index (χ0) is 29.5. The molecule has 0 fully saturated rings. The van der Waals surface area contributed by atoms with Crippen molar-refractivity contribution < 1.29 is 4.42 Å². The summed E-state index contributed by atoms with van der Waals surface area (Å²) in [6.07, 6.45) is 1.04. The second-order valence-electron chi connectivity index (χ2n) is 12.1. The van der Waals surface area contributed by atoms with Crippen LogP contribution >= 0.6 is 0 Å². The predicted molar refractivity (Wildman–Crippen MR) is 190 cm³/mol. The number of fused-ring (bicyclic) bond motifs is 6. The SMILES string of the molecule is C=C(C)c1c2ccccc2cc2c1oc1c3cccc4cc(-c5ccccc5-c5ccc(CC)cc5)c5cccc(c21)c5c43. The molecule has 0 aliphatic carbocycles. The molecule has 0 aliphatic heterocycles. The Morgan fingerprint density at radius 1 is 0.545 bits per heavy atom. The first kappa shape index (κ1) is 25.1. The van der Waals surface area contributed by atoms with Gasteiger partial charge in [0, 0.05) is 27.1 Å². The number of hydrogen-bond donors (Lipinski definition) is 0. The molecule has 0 bridgehead atoms. The van der Waals surface area contributed by atoms with E-state index in [1.54, 1.807) is 0 Å². The summed E-state index contributed by atoms with van der Waals surface area (Å²) in [5, 5.41) is 12.2. The summed E-state index contributed by atoms with van der Waals surface area (Å²) in [5.41, 5.74) is 10.3. The Labute approximate surface area is 256 Å². The Morgan fingerprint density at radius 3 is 2.05 bits per heavy atom. The second kappa shape index (κ2) is 9.30. The number of aryl methyl sites for hydroxylation is 1. The molecular formula is C43H30O. The Hall–Kier alpha value is -5.40. The van der Waals surface area contributed by atoms with Gasteiger partial charge < -0.3 is 4.42 Å². The first-order valence-electron chi connectivity index (χ1n) is 15.4. The molecule has 1 heteroatoms. The molecule has 44 heavy (non-hydrogen) atoms. The van der Waals surface area contributed by atoms with E-state index >= 15 is 0 Å². The fourth-order valence-electron chi connectivity index (χ4n) is 7.54. The van der Waals surface area contributed by atoms with E-state index in [-0.39, 0.29) is 0 Å². The smallest absolute Gasteiger partial charge is 0.143 e. The van der Waals surface area contributed by atoms with E-state index in [9.17, 15) is 0 Å². The van der Waals surface area contributed by atoms with Crippen molar-refractivity contribution in [1.29, 1.82) is 0 Å². The molecule has 0 atom stereocenters. The molecule has 208 valence electrons. The highest BCUT2D eigenvalue weighted by molar-refractivity contribution is 6.38. The first-order valence-corrected chi connectivity index (χ1v) is 15.4. The van der Waals surface area contributed by atoms with Gasteiger partial charge in [0.1, 0.15) is 11.2 Å². The molecule has 8 aromatic carbocycles. The fraction of sp³-hybridized carbons (Fsp3) is 0.0698. The number of rotatable bonds is 4. The van der Waals surface area contributed by atoms with Gasteiger partial charge in [-0.1, -0.05) is 123 Å². The van der Waals surface area contributed by atoms with E-state index in [0.29, 0.717) is 0 Å². The molecule has 1 heterocycles. The van der Waals surface area contributed by atoms with Gasteiger partial charge in [-0.2, -0.15) is 0 Å². The van der Waals surface area contributed by atoms with Gasteiger partial charge in [0.15, 0.2) is 0 Å². The lowest BCUT2D eigenvalue weighted by atomic mass is 9.85. The number of hydrogen-bond acceptors (Lipinski definition) is 1. The highest BCUT2D eigenvalue weighted by Crippen LogP contribution is 2.49. The van der Waals surface area contributed by atoms with E-state index in [4.69, 9.17) is 4.42 Å². The molecule has 0 amide bonds. The summed E-state index contributed by atoms with van der Waals surface area (Å²) in [4.78, 5) is 0. The summed E-state index contributed by atoms with van der Waals surface area (Å²) in [6.45, 7) is 8.66. The normalized spacial score (nSPS) is 12.0. The molecule has 0 N–H and O–H groups in total. The minimum absolute atomic E-state index is 0.920. The second-order valence-corrected chi connectivity index (χ2v) is 12.1. The predicted octanol–water partition coefficient (Wildman–Crippen LogP) is 12.6. The molecule has 1 aromatic heterocycles. The minimum atomic E-state index is 0.920. The largest absolute Gasteiger partial charge is 0.455 e. The van der Waals surface area contributed by atoms with Crippen molar-refractivity contribution in [2.45, 2.75) is 20.3 Å². The summed E-state index contributed by atoms with van der Waals surface area (Å²) >= 11 is 0. The van der Waals surface area contributed by atoms with Crippen LogP contribution in [-0.2, 0) is 6.42 Å². The van der Waals surface area contributed by atoms with Gasteiger partial charge in [0.05, 0.1) is 0 Å². The molecule has 0 aliphatic rings. The monoisotopic (exact) mass is 562 g/mol. The van der Waals surface area contributed by atoms with Crippen molar-refractivity contribution in [3.05, 3.63) is 139 Å². The number of benzene rings is 8. The van der Waals surface area contributed by atoms with Crippen molar-refractivity contribution in [2.75, 3.05) is 0 Å². The molecule has 0 unspecified atom stereocenters. The Balaban J connectivity index is 1.45. The molecule has 9 aromatic rings. The average molecular weight is 563 g/mol. The summed E-state index contributed by atoms with van der Waals surface area (Å²) in [6, 6.07) is 44.6. The van der Waals surface area contributed by atoms with Crippen molar-refractivity contribution in [3.8, 4) is 22.3 Å². The molecule has 0 saturated carbocycles. The van der Waals surface area contributed by atoms with Gasteiger partial charge in [0.25, 0.3) is 0 Å². The van der Waals surface area contributed by atoms with Crippen LogP contribution < -0.4 is 0 Å². The fourth-order valence-corrected chi connectivity index (χ4v) is 7.54. The van der Waals surface area contributed by atoms with Crippen LogP contribution in [0.2, 0.25) is 0 Å². The molecule has 0 saturated heterocycles. The number of allylic oxidation sites excluding steroid dienone is 1. The maximum absolute atomic E-state index is 6.92. The zero-order valence-corrected chi connectivity index (χ0v) is 24.9. The van der Waals surface area contributed by atoms with Crippen LogP contribution in [0.15, 0.2) is 132 Å². The zero-order valence-electron chi connectivity index (χ0n) is 24.9. The van der Waals surface area contributed by atoms with E-state index in [1.165, 1.54) is 70.9 Å². The highest BCUT2D eigenvalue weighted by Gasteiger charge is 2.23. The van der Waals surface area contributed by atoms with Crippen LogP contribution in [0.1, 0.15) is 25.0 Å². The Morgan fingerprint density at radius 2 is 1.23 bits per heavy atom. The molecule has 9 rings (SSSR count). The van der Waals surface area contributed by atoms with Crippen LogP contribution in [0.3, 0.4) is 0 Å². The molecule has 1 nitrogen and oxygen atoms in total. The van der Waals surface area contributed by atoms with Crippen molar-refractivity contribution in [2.24, 2.45) is 0 Å². The number of furan rings is 1. The molecule has 0 spiro atoms. The van der Waals surface area contributed by atoms with E-state index in [2.05, 4.69) is 142 Å². The summed E-state index contributed by atoms with van der Waals surface area (Å²) in [5.74, 6) is 0. The van der Waals surface area contributed by atoms with Gasteiger partial charge in [-0.15, -0.1) is 0 Å². The standard InChI is InChI=1S/C43H30O/c1-4-26-19-21-27(22-20-26)30-13-7-8-15-32(30)36-24-29-12-9-18-35-39(29)40-33(36)16-10-17-34(40)41-37-23-28-11-5-6-14-31(28)38(25(2)3)43(37)44-42(35)41/h5-24H,2,4H2,1,3H3. The van der Waals surface area contributed by atoms with E-state index < -0.39 is 0 Å². The lowest BCUT2D eigenvalue weighted by molar-refractivity contribution is 0.672. The first-order chi connectivity index (χ1) is 21.6. The lowest BCUT2D eigenvalue weighted by Gasteiger charge is -2.18. The average Bonchev–Trinajstić information content (AvgIpc) is 3.45. The minimum Gasteiger partial charge on any atom is -0.455 e. The van der Waals surface area contributed by atoms with Crippen LogP contribution in [0, 0.1) is 0 Å². The van der Waals surface area contributed by atoms with Crippen LogP contribution in [0.5, 0.6) is 0 Å². The Bertz CT molecular complexity index is 2600. The topological polar surface area (TPSA) is 13.1 Å². The third-order valence-corrected chi connectivity index (χ3v) is 9.53. The third kappa shape index (κ3) is 3.41. The molecular weight excluding hydrogens is 532 g/mol. The van der Waals surface area contributed by atoms with Gasteiger partial charge in [-0.25, -0.2) is 0 Å².